The van der Waals surface area contributed by atoms with Gasteiger partial charge in [0.15, 0.2) is 0 Å². The molecule has 0 bridgehead atoms. The molecule has 34 heavy (non-hydrogen) atoms. The van der Waals surface area contributed by atoms with Crippen molar-refractivity contribution < 1.29 is 28.3 Å². The van der Waals surface area contributed by atoms with Crippen molar-refractivity contribution in [2.45, 2.75) is 57.9 Å². The van der Waals surface area contributed by atoms with E-state index in [2.05, 4.69) is 45.0 Å². The van der Waals surface area contributed by atoms with E-state index < -0.39 is 26.0 Å². The van der Waals surface area contributed by atoms with Crippen LogP contribution in [0.3, 0.4) is 0 Å². The number of esters is 2. The van der Waals surface area contributed by atoms with Gasteiger partial charge in [-0.1, -0.05) is 81.4 Å². The van der Waals surface area contributed by atoms with Crippen molar-refractivity contribution in [3.63, 3.8) is 0 Å². The van der Waals surface area contributed by atoms with Gasteiger partial charge in [-0.25, -0.2) is 9.63 Å². The highest BCUT2D eigenvalue weighted by atomic mass is 28.4. The van der Waals surface area contributed by atoms with Gasteiger partial charge in [-0.15, -0.1) is 0 Å². The van der Waals surface area contributed by atoms with E-state index in [4.69, 9.17) is 18.7 Å². The van der Waals surface area contributed by atoms with Crippen molar-refractivity contribution in [3.05, 3.63) is 60.7 Å². The van der Waals surface area contributed by atoms with Crippen LogP contribution in [0.4, 0.5) is 0 Å². The van der Waals surface area contributed by atoms with E-state index in [0.29, 0.717) is 0 Å². The van der Waals surface area contributed by atoms with Gasteiger partial charge in [0.05, 0.1) is 19.3 Å². The fourth-order valence-corrected chi connectivity index (χ4v) is 9.22. The summed E-state index contributed by atoms with van der Waals surface area (Å²) in [5.41, 5.74) is 0. The van der Waals surface area contributed by atoms with Gasteiger partial charge in [0.2, 0.25) is 0 Å². The normalized spacial score (nSPS) is 21.3. The van der Waals surface area contributed by atoms with Gasteiger partial charge in [0.25, 0.3) is 8.32 Å². The molecule has 2 aromatic rings. The highest BCUT2D eigenvalue weighted by Crippen LogP contribution is 2.39. The molecular weight excluding hydrogens is 450 g/mol. The first-order valence-corrected chi connectivity index (χ1v) is 13.5. The monoisotopic (exact) mass is 485 g/mol. The predicted octanol–water partition coefficient (Wildman–Crippen LogP) is 3.02. The Balaban J connectivity index is 1.97. The van der Waals surface area contributed by atoms with E-state index in [-0.39, 0.29) is 30.7 Å². The first kappa shape index (κ1) is 26.1. The van der Waals surface area contributed by atoms with Crippen LogP contribution < -0.4 is 10.4 Å². The zero-order chi connectivity index (χ0) is 25.0. The molecule has 3 rings (SSSR count). The summed E-state index contributed by atoms with van der Waals surface area (Å²) in [6.07, 6.45) is 0.111. The van der Waals surface area contributed by atoms with Crippen molar-refractivity contribution in [1.29, 1.82) is 0 Å². The molecule has 0 aliphatic carbocycles. The van der Waals surface area contributed by atoms with E-state index in [1.807, 2.05) is 36.4 Å². The lowest BCUT2D eigenvalue weighted by Gasteiger charge is -2.43. The second kappa shape index (κ2) is 10.4. The number of ether oxygens (including phenoxy) is 2. The average molecular weight is 486 g/mol. The summed E-state index contributed by atoms with van der Waals surface area (Å²) in [6.45, 7) is 9.99. The molecule has 2 atom stereocenters. The number of hydrogen-bond donors (Lipinski definition) is 0. The van der Waals surface area contributed by atoms with Crippen molar-refractivity contribution in [2.75, 3.05) is 20.3 Å². The molecular formula is C26H35NO6Si. The summed E-state index contributed by atoms with van der Waals surface area (Å²) in [6, 6.07) is 20.3. The Morgan fingerprint density at radius 2 is 1.59 bits per heavy atom. The van der Waals surface area contributed by atoms with Gasteiger partial charge >= 0.3 is 17.7 Å². The van der Waals surface area contributed by atoms with Crippen molar-refractivity contribution in [3.8, 4) is 0 Å². The molecule has 1 fully saturated rings. The summed E-state index contributed by atoms with van der Waals surface area (Å²) in [5.74, 6) is -3.14. The smallest absolute Gasteiger partial charge is 0.381 e. The minimum absolute atomic E-state index is 0.111. The molecule has 8 heteroatoms. The summed E-state index contributed by atoms with van der Waals surface area (Å²) in [7, 11) is -1.06. The van der Waals surface area contributed by atoms with Crippen LogP contribution in [0.2, 0.25) is 5.04 Å². The van der Waals surface area contributed by atoms with E-state index in [1.165, 1.54) is 12.0 Å². The Bertz CT molecular complexity index is 938. The van der Waals surface area contributed by atoms with Crippen LogP contribution in [0.5, 0.6) is 0 Å². The summed E-state index contributed by atoms with van der Waals surface area (Å²) < 4.78 is 17.5. The molecule has 0 aromatic heterocycles. The number of benzene rings is 2. The van der Waals surface area contributed by atoms with E-state index in [9.17, 15) is 9.59 Å². The first-order valence-electron chi connectivity index (χ1n) is 11.6. The highest BCUT2D eigenvalue weighted by molar-refractivity contribution is 6.99. The maximum absolute atomic E-state index is 12.7. The van der Waals surface area contributed by atoms with E-state index in [0.717, 1.165) is 10.4 Å². The Hall–Kier alpha value is -2.52. The summed E-state index contributed by atoms with van der Waals surface area (Å²) >= 11 is 0. The van der Waals surface area contributed by atoms with Crippen molar-refractivity contribution >= 4 is 30.6 Å². The standard InChI is InChI=1S/C26H35NO6Si/c1-7-30-24(29)26(32-20(2)28)18-21(27(6)33-26)19-31-34(25(3,4)5,22-14-10-8-11-15-22)23-16-12-9-13-17-23/h8-17,21H,7,18-19H2,1-6H3/t21-,26+/m1/s1. The van der Waals surface area contributed by atoms with Crippen LogP contribution in [0.1, 0.15) is 41.0 Å². The largest absolute Gasteiger partial charge is 0.461 e. The third-order valence-corrected chi connectivity index (χ3v) is 11.1. The second-order valence-corrected chi connectivity index (χ2v) is 13.8. The lowest BCUT2D eigenvalue weighted by atomic mass is 10.1. The second-order valence-electron chi connectivity index (χ2n) is 9.54. The van der Waals surface area contributed by atoms with Gasteiger partial charge in [-0.05, 0) is 22.3 Å². The number of hydroxylamine groups is 2. The minimum Gasteiger partial charge on any atom is -0.461 e. The molecule has 1 aliphatic rings. The van der Waals surface area contributed by atoms with E-state index in [1.54, 1.807) is 14.0 Å². The molecule has 184 valence electrons. The molecule has 1 aliphatic heterocycles. The first-order chi connectivity index (χ1) is 16.1. The van der Waals surface area contributed by atoms with Gasteiger partial charge < -0.3 is 13.9 Å². The van der Waals surface area contributed by atoms with Crippen molar-refractivity contribution in [2.24, 2.45) is 0 Å². The zero-order valence-corrected chi connectivity index (χ0v) is 21.9. The molecule has 0 saturated carbocycles. The Labute approximate surface area is 203 Å². The number of carbonyl (C=O) groups excluding carboxylic acids is 2. The lowest BCUT2D eigenvalue weighted by molar-refractivity contribution is -0.284. The van der Waals surface area contributed by atoms with Crippen LogP contribution in [0.15, 0.2) is 60.7 Å². The summed E-state index contributed by atoms with van der Waals surface area (Å²) in [5, 5.41) is 3.67. The predicted molar refractivity (Wildman–Crippen MR) is 132 cm³/mol. The molecule has 2 aromatic carbocycles. The quantitative estimate of drug-likeness (QED) is 0.420. The number of likely N-dealkylation sites (N-methyl/N-ethyl adjacent to an activating group) is 1. The minimum atomic E-state index is -2.77. The van der Waals surface area contributed by atoms with Crippen LogP contribution in [0.25, 0.3) is 0 Å². The molecule has 0 spiro atoms. The molecule has 1 heterocycles. The fourth-order valence-electron chi connectivity index (χ4n) is 4.63. The molecule has 0 unspecified atom stereocenters. The van der Waals surface area contributed by atoms with Gasteiger partial charge in [0, 0.05) is 20.4 Å². The molecule has 0 N–H and O–H groups in total. The number of nitrogens with zero attached hydrogens (tertiary/aromatic N) is 1. The highest BCUT2D eigenvalue weighted by Gasteiger charge is 2.56. The van der Waals surface area contributed by atoms with Crippen molar-refractivity contribution in [1.82, 2.24) is 5.06 Å². The lowest BCUT2D eigenvalue weighted by Crippen LogP contribution is -2.67. The summed E-state index contributed by atoms with van der Waals surface area (Å²) in [4.78, 5) is 30.3. The SMILES string of the molecule is CCOC(=O)[C@]1(OC(C)=O)C[C@H](CO[Si](c2ccccc2)(c2ccccc2)C(C)(C)C)N(C)O1. The van der Waals surface area contributed by atoms with Crippen LogP contribution in [-0.2, 0) is 28.3 Å². The molecule has 7 nitrogen and oxygen atoms in total. The zero-order valence-electron chi connectivity index (χ0n) is 20.9. The third-order valence-electron chi connectivity index (χ3n) is 6.11. The number of rotatable bonds is 8. The molecule has 0 amide bonds. The third kappa shape index (κ3) is 5.10. The topological polar surface area (TPSA) is 74.3 Å². The van der Waals surface area contributed by atoms with Gasteiger partial charge in [-0.2, -0.15) is 5.06 Å². The van der Waals surface area contributed by atoms with Crippen LogP contribution in [0, 0.1) is 0 Å². The molecule has 0 radical (unpaired) electrons. The van der Waals surface area contributed by atoms with Gasteiger partial charge in [-0.3, -0.25) is 4.79 Å². The molecule has 1 saturated heterocycles. The van der Waals surface area contributed by atoms with Crippen LogP contribution in [-0.4, -0.2) is 57.4 Å². The Kier molecular flexibility index (Phi) is 7.97. The van der Waals surface area contributed by atoms with Gasteiger partial charge in [0.1, 0.15) is 0 Å². The number of carbonyl (C=O) groups is 2. The Morgan fingerprint density at radius 3 is 2.03 bits per heavy atom. The fraction of sp³-hybridized carbons (Fsp3) is 0.462. The Morgan fingerprint density at radius 1 is 1.06 bits per heavy atom. The number of hydrogen-bond acceptors (Lipinski definition) is 7. The maximum atomic E-state index is 12.7. The average Bonchev–Trinajstić information content (AvgIpc) is 3.10. The maximum Gasteiger partial charge on any atom is 0.381 e. The van der Waals surface area contributed by atoms with E-state index >= 15 is 0 Å². The van der Waals surface area contributed by atoms with Crippen LogP contribution >= 0.6 is 0 Å².